The van der Waals surface area contributed by atoms with Crippen molar-refractivity contribution < 1.29 is 43.4 Å². The molecule has 1 rings (SSSR count). The lowest BCUT2D eigenvalue weighted by atomic mass is 9.97. The van der Waals surface area contributed by atoms with Crippen molar-refractivity contribution in [2.24, 2.45) is 5.11 Å². The van der Waals surface area contributed by atoms with Gasteiger partial charge in [0.1, 0.15) is 18.3 Å². The number of hydrogen-bond donors (Lipinski definition) is 3. The van der Waals surface area contributed by atoms with Crippen LogP contribution in [-0.2, 0) is 33.2 Å². The van der Waals surface area contributed by atoms with Crippen LogP contribution in [0, 0.1) is 0 Å². The largest absolute Gasteiger partial charge is 0.387 e. The van der Waals surface area contributed by atoms with Gasteiger partial charge in [-0.2, -0.15) is 0 Å². The fourth-order valence-corrected chi connectivity index (χ4v) is 2.93. The number of nitrogens with zero attached hydrogens (tertiary/aromatic N) is 3. The van der Waals surface area contributed by atoms with Crippen LogP contribution in [0.3, 0.4) is 0 Å². The molecule has 1 aliphatic rings. The van der Waals surface area contributed by atoms with Crippen LogP contribution in [0.2, 0.25) is 0 Å². The van der Waals surface area contributed by atoms with Crippen molar-refractivity contribution in [3.63, 3.8) is 0 Å². The molecule has 1 fully saturated rings. The summed E-state index contributed by atoms with van der Waals surface area (Å²) in [6.07, 6.45) is -6.62. The van der Waals surface area contributed by atoms with Crippen molar-refractivity contribution in [1.29, 1.82) is 0 Å². The van der Waals surface area contributed by atoms with Crippen LogP contribution in [0.25, 0.3) is 10.4 Å². The fraction of sp³-hybridized carbons (Fsp3) is 0.950. The Morgan fingerprint density at radius 2 is 1.55 bits per heavy atom. The van der Waals surface area contributed by atoms with E-state index in [9.17, 15) is 15.0 Å². The Bertz CT molecular complexity index is 590. The molecule has 33 heavy (non-hydrogen) atoms. The molecule has 0 aliphatic carbocycles. The summed E-state index contributed by atoms with van der Waals surface area (Å²) in [5.41, 5.74) is 8.13. The average Bonchev–Trinajstić information content (AvgIpc) is 2.76. The van der Waals surface area contributed by atoms with Crippen LogP contribution >= 0.6 is 0 Å². The van der Waals surface area contributed by atoms with Gasteiger partial charge in [-0.15, -0.1) is 0 Å². The minimum atomic E-state index is -1.35. The lowest BCUT2D eigenvalue weighted by molar-refractivity contribution is -0.307. The van der Waals surface area contributed by atoms with Crippen molar-refractivity contribution in [2.45, 2.75) is 70.6 Å². The molecular weight excluding hydrogens is 440 g/mol. The summed E-state index contributed by atoms with van der Waals surface area (Å²) in [7, 11) is 0. The Labute approximate surface area is 194 Å². The Morgan fingerprint density at radius 3 is 2.12 bits per heavy atom. The number of aliphatic hydroxyl groups excluding tert-OH is 2. The third kappa shape index (κ3) is 11.9. The molecule has 192 valence electrons. The second-order valence-corrected chi connectivity index (χ2v) is 7.82. The molecule has 5 atom stereocenters. The highest BCUT2D eigenvalue weighted by Crippen LogP contribution is 2.26. The van der Waals surface area contributed by atoms with E-state index in [4.69, 9.17) is 34.0 Å². The van der Waals surface area contributed by atoms with E-state index in [2.05, 4.69) is 15.3 Å². The van der Waals surface area contributed by atoms with E-state index in [0.29, 0.717) is 33.0 Å². The zero-order chi connectivity index (χ0) is 24.6. The van der Waals surface area contributed by atoms with E-state index in [1.165, 1.54) is 0 Å². The van der Waals surface area contributed by atoms with E-state index >= 15 is 0 Å². The number of azide groups is 1. The van der Waals surface area contributed by atoms with Gasteiger partial charge in [-0.3, -0.25) is 4.79 Å². The minimum Gasteiger partial charge on any atom is -0.387 e. The van der Waals surface area contributed by atoms with Gasteiger partial charge in [-0.05, 0) is 33.2 Å². The average molecular weight is 479 g/mol. The monoisotopic (exact) mass is 478 g/mol. The number of nitrogens with one attached hydrogen (secondary N) is 1. The van der Waals surface area contributed by atoms with Gasteiger partial charge in [0.15, 0.2) is 12.4 Å². The van der Waals surface area contributed by atoms with Gasteiger partial charge in [0.25, 0.3) is 5.91 Å². The first-order chi connectivity index (χ1) is 15.8. The van der Waals surface area contributed by atoms with Gasteiger partial charge >= 0.3 is 0 Å². The zero-order valence-corrected chi connectivity index (χ0v) is 19.8. The number of carbonyl (C=O) groups is 1. The number of carbonyl (C=O) groups excluding carboxylic acids is 1. The topological polar surface area (TPSA) is 174 Å². The highest BCUT2D eigenvalue weighted by atomic mass is 16.7. The number of rotatable bonds is 17. The molecule has 0 aromatic rings. The van der Waals surface area contributed by atoms with Crippen molar-refractivity contribution in [3.8, 4) is 0 Å². The number of hydrogen-bond acceptors (Lipinski definition) is 10. The minimum absolute atomic E-state index is 0.212. The molecule has 0 aromatic heterocycles. The van der Waals surface area contributed by atoms with E-state index in [-0.39, 0.29) is 31.9 Å². The van der Waals surface area contributed by atoms with E-state index < -0.39 is 36.6 Å². The van der Waals surface area contributed by atoms with Gasteiger partial charge in [0.05, 0.1) is 51.8 Å². The molecule has 1 unspecified atom stereocenters. The van der Waals surface area contributed by atoms with Gasteiger partial charge in [-0.25, -0.2) is 0 Å². The molecule has 0 bridgehead atoms. The fourth-order valence-electron chi connectivity index (χ4n) is 2.93. The molecule has 0 spiro atoms. The molecule has 13 heteroatoms. The summed E-state index contributed by atoms with van der Waals surface area (Å²) in [6.45, 7) is 9.60. The molecule has 1 saturated heterocycles. The molecule has 0 radical (unpaired) electrons. The van der Waals surface area contributed by atoms with Gasteiger partial charge in [-0.1, -0.05) is 5.11 Å². The van der Waals surface area contributed by atoms with Gasteiger partial charge in [0, 0.05) is 18.0 Å². The summed E-state index contributed by atoms with van der Waals surface area (Å²) < 4.78 is 32.7. The van der Waals surface area contributed by atoms with Crippen molar-refractivity contribution in [2.75, 3.05) is 52.7 Å². The summed E-state index contributed by atoms with van der Waals surface area (Å²) in [6, 6.07) is 0. The lowest BCUT2D eigenvalue weighted by Gasteiger charge is -2.42. The number of ether oxygens (including phenoxy) is 6. The molecule has 1 heterocycles. The van der Waals surface area contributed by atoms with Crippen LogP contribution < -0.4 is 5.32 Å². The van der Waals surface area contributed by atoms with Crippen molar-refractivity contribution in [3.05, 3.63) is 10.4 Å². The Balaban J connectivity index is 2.32. The predicted molar refractivity (Wildman–Crippen MR) is 116 cm³/mol. The molecule has 1 aliphatic heterocycles. The standard InChI is InChI=1S/C20H38N4O9/c1-13(2)31-17-15(25)16(26)20(32-14(3)4)33-18(17)19(27)22-5-7-28-9-11-30-12-10-29-8-6-23-24-21/h13-18,20,25-26H,5-12H2,1-4H3,(H,22,27)/t15-,16+,17+,18?,20-/m1/s1. The maximum Gasteiger partial charge on any atom is 0.252 e. The van der Waals surface area contributed by atoms with Crippen molar-refractivity contribution in [1.82, 2.24) is 5.32 Å². The molecule has 3 N–H and O–H groups in total. The van der Waals surface area contributed by atoms with Crippen LogP contribution in [0.1, 0.15) is 27.7 Å². The summed E-state index contributed by atoms with van der Waals surface area (Å²) >= 11 is 0. The first-order valence-electron chi connectivity index (χ1n) is 11.1. The van der Waals surface area contributed by atoms with E-state index in [1.807, 2.05) is 0 Å². The van der Waals surface area contributed by atoms with Gasteiger partial charge < -0.3 is 44.0 Å². The number of amides is 1. The quantitative estimate of drug-likeness (QED) is 0.114. The second-order valence-electron chi connectivity index (χ2n) is 7.82. The maximum absolute atomic E-state index is 12.7. The van der Waals surface area contributed by atoms with E-state index in [1.54, 1.807) is 27.7 Å². The predicted octanol–water partition coefficient (Wildman–Crippen LogP) is 0.128. The third-order valence-electron chi connectivity index (χ3n) is 4.33. The SMILES string of the molecule is CC(C)O[C@@H]1OC(C(=O)NCCOCCOCCOCCN=[N+]=[N-])[C@@H](OC(C)C)[C@H](O)[C@@H]1O. The van der Waals surface area contributed by atoms with Crippen LogP contribution in [0.4, 0.5) is 0 Å². The molecule has 0 aromatic carbocycles. The van der Waals surface area contributed by atoms with Crippen molar-refractivity contribution >= 4 is 5.91 Å². The van der Waals surface area contributed by atoms with E-state index in [0.717, 1.165) is 0 Å². The Kier molecular flexibility index (Phi) is 15.2. The first-order valence-corrected chi connectivity index (χ1v) is 11.1. The summed E-state index contributed by atoms with van der Waals surface area (Å²) in [4.78, 5) is 15.3. The first kappa shape index (κ1) is 29.5. The maximum atomic E-state index is 12.7. The highest BCUT2D eigenvalue weighted by Gasteiger charge is 2.49. The highest BCUT2D eigenvalue weighted by molar-refractivity contribution is 5.81. The van der Waals surface area contributed by atoms with Crippen LogP contribution in [0.5, 0.6) is 0 Å². The number of aliphatic hydroxyl groups is 2. The Morgan fingerprint density at radius 1 is 0.970 bits per heavy atom. The smallest absolute Gasteiger partial charge is 0.252 e. The second kappa shape index (κ2) is 17.0. The third-order valence-corrected chi connectivity index (χ3v) is 4.33. The van der Waals surface area contributed by atoms with Gasteiger partial charge in [0.2, 0.25) is 0 Å². The summed E-state index contributed by atoms with van der Waals surface area (Å²) in [5, 5.41) is 26.8. The lowest BCUT2D eigenvalue weighted by Crippen LogP contribution is -2.63. The normalized spacial score (nSPS) is 25.3. The molecule has 0 saturated carbocycles. The zero-order valence-electron chi connectivity index (χ0n) is 19.8. The molecule has 13 nitrogen and oxygen atoms in total. The molecular formula is C20H38N4O9. The molecule has 1 amide bonds. The Hall–Kier alpha value is -1.54. The van der Waals surface area contributed by atoms with Crippen LogP contribution in [0.15, 0.2) is 5.11 Å². The van der Waals surface area contributed by atoms with Crippen LogP contribution in [-0.4, -0.2) is 112 Å². The summed E-state index contributed by atoms with van der Waals surface area (Å²) in [5.74, 6) is -0.498.